The van der Waals surface area contributed by atoms with Crippen molar-refractivity contribution in [3.63, 3.8) is 0 Å². The maximum absolute atomic E-state index is 11.7. The molecule has 0 unspecified atom stereocenters. The Balaban J connectivity index is -0.000000221. The normalized spacial score (nSPS) is 13.5. The van der Waals surface area contributed by atoms with Gasteiger partial charge in [-0.15, -0.1) is 0 Å². The second kappa shape index (κ2) is 14.9. The molecule has 0 aliphatic carbocycles. The van der Waals surface area contributed by atoms with Gasteiger partial charge in [-0.25, -0.2) is 0 Å². The molecule has 0 atom stereocenters. The predicted octanol–water partition coefficient (Wildman–Crippen LogP) is 4.54. The Kier molecular flexibility index (Phi) is 16.6. The smallest absolute Gasteiger partial charge is 0.396 e. The molecular formula is C15H14F18O6. The number of carbonyl (C=O) groups excluding carboxylic acids is 3. The molecule has 0 spiro atoms. The van der Waals surface area contributed by atoms with Crippen LogP contribution in [0.15, 0.2) is 0 Å². The van der Waals surface area contributed by atoms with Crippen molar-refractivity contribution in [2.75, 3.05) is 6.61 Å². The summed E-state index contributed by atoms with van der Waals surface area (Å²) in [7, 11) is 0. The average molecular weight is 632 g/mol. The van der Waals surface area contributed by atoms with Crippen LogP contribution in [-0.2, 0) is 14.4 Å². The largest absolute Gasteiger partial charge is 0.449 e. The summed E-state index contributed by atoms with van der Waals surface area (Å²) >= 11 is 0. The number of hydrogen-bond acceptors (Lipinski definition) is 6. The third-order valence-electron chi connectivity index (χ3n) is 3.26. The van der Waals surface area contributed by atoms with Gasteiger partial charge in [-0.1, -0.05) is 0 Å². The first-order valence-electron chi connectivity index (χ1n) is 8.49. The van der Waals surface area contributed by atoms with E-state index in [1.54, 1.807) is 0 Å². The summed E-state index contributed by atoms with van der Waals surface area (Å²) in [4.78, 5) is 27.6. The minimum atomic E-state index is -5.91. The van der Waals surface area contributed by atoms with E-state index in [0.717, 1.165) is 0 Å². The van der Waals surface area contributed by atoms with Crippen molar-refractivity contribution >= 4 is 18.4 Å². The molecule has 3 N–H and O–H groups in total. The predicted molar refractivity (Wildman–Crippen MR) is 85.4 cm³/mol. The molecule has 0 amide bonds. The SMILES string of the molecule is CC(=O)C(F)(F)F.O=CC(F)(F)F.O=CCC(O)(C(F)(F)F)C(F)(F)F.OCCC(O)(C(F)(F)F)C(F)(F)F. The summed E-state index contributed by atoms with van der Waals surface area (Å²) < 4.78 is 204. The Hall–Kier alpha value is -2.37. The van der Waals surface area contributed by atoms with Gasteiger partial charge in [0, 0.05) is 20.0 Å². The van der Waals surface area contributed by atoms with Crippen molar-refractivity contribution in [3.05, 3.63) is 0 Å². The number of hydrogen-bond donors (Lipinski definition) is 3. The monoisotopic (exact) mass is 632 g/mol. The van der Waals surface area contributed by atoms with Gasteiger partial charge in [0.25, 0.3) is 11.2 Å². The second-order valence-electron chi connectivity index (χ2n) is 6.27. The highest BCUT2D eigenvalue weighted by Gasteiger charge is 2.70. The zero-order valence-electron chi connectivity index (χ0n) is 18.1. The highest BCUT2D eigenvalue weighted by molar-refractivity contribution is 5.81. The molecule has 0 aromatic rings. The third kappa shape index (κ3) is 15.7. The first-order chi connectivity index (χ1) is 16.6. The average Bonchev–Trinajstić information content (AvgIpc) is 2.65. The van der Waals surface area contributed by atoms with Crippen LogP contribution in [0.5, 0.6) is 0 Å². The van der Waals surface area contributed by atoms with Crippen LogP contribution >= 0.6 is 0 Å². The Morgan fingerprint density at radius 3 is 0.897 bits per heavy atom. The summed E-state index contributed by atoms with van der Waals surface area (Å²) in [6.45, 7) is -0.921. The van der Waals surface area contributed by atoms with Crippen LogP contribution in [0.25, 0.3) is 0 Å². The van der Waals surface area contributed by atoms with Crippen LogP contribution in [0, 0.1) is 0 Å². The van der Waals surface area contributed by atoms with Gasteiger partial charge in [-0.05, 0) is 0 Å². The second-order valence-corrected chi connectivity index (χ2v) is 6.27. The molecule has 0 fully saturated rings. The van der Waals surface area contributed by atoms with Gasteiger partial charge in [0.2, 0.25) is 12.1 Å². The van der Waals surface area contributed by atoms with Crippen molar-refractivity contribution in [2.45, 2.75) is 68.0 Å². The van der Waals surface area contributed by atoms with E-state index in [-0.39, 0.29) is 0 Å². The summed E-state index contributed by atoms with van der Waals surface area (Å²) in [6, 6.07) is 0. The minimum Gasteiger partial charge on any atom is -0.396 e. The van der Waals surface area contributed by atoms with E-state index < -0.39 is 86.1 Å². The number of aldehydes is 2. The maximum atomic E-state index is 11.7. The fourth-order valence-electron chi connectivity index (χ4n) is 1.12. The Morgan fingerprint density at radius 2 is 0.846 bits per heavy atom. The molecule has 0 saturated carbocycles. The fraction of sp³-hybridized carbons (Fsp3) is 0.800. The van der Waals surface area contributed by atoms with Crippen molar-refractivity contribution in [2.24, 2.45) is 0 Å². The zero-order valence-corrected chi connectivity index (χ0v) is 18.1. The lowest BCUT2D eigenvalue weighted by Gasteiger charge is -2.31. The number of rotatable bonds is 4. The highest BCUT2D eigenvalue weighted by Crippen LogP contribution is 2.45. The van der Waals surface area contributed by atoms with Crippen molar-refractivity contribution in [1.82, 2.24) is 0 Å². The molecule has 6 nitrogen and oxygen atoms in total. The minimum absolute atomic E-state index is 0.486. The van der Waals surface area contributed by atoms with Crippen LogP contribution in [0.2, 0.25) is 0 Å². The quantitative estimate of drug-likeness (QED) is 0.310. The number of alkyl halides is 18. The van der Waals surface area contributed by atoms with Crippen LogP contribution < -0.4 is 0 Å². The van der Waals surface area contributed by atoms with E-state index in [1.165, 1.54) is 0 Å². The summed E-state index contributed by atoms with van der Waals surface area (Å²) in [5, 5.41) is 24.4. The Labute approximate surface area is 203 Å². The molecule has 236 valence electrons. The standard InChI is InChI=1S/C5H6F6O2.C5H4F6O2.C3H3F3O.C2HF3O/c2*6-4(7,8)3(13,1-2-12)5(9,10)11;1-2(7)3(4,5)6;3-2(4,5)1-6/h12-13H,1-2H2;2,13H,1H2;1H3;1H. The molecule has 0 bridgehead atoms. The van der Waals surface area contributed by atoms with E-state index in [1.807, 2.05) is 0 Å². The van der Waals surface area contributed by atoms with Gasteiger partial charge >= 0.3 is 37.1 Å². The molecule has 0 aliphatic heterocycles. The number of halogens is 18. The topological polar surface area (TPSA) is 112 Å². The van der Waals surface area contributed by atoms with E-state index in [9.17, 15) is 88.6 Å². The number of aliphatic hydroxyl groups excluding tert-OH is 1. The van der Waals surface area contributed by atoms with Gasteiger partial charge in [0.15, 0.2) is 0 Å². The molecule has 0 aliphatic rings. The lowest BCUT2D eigenvalue weighted by molar-refractivity contribution is -0.371. The third-order valence-corrected chi connectivity index (χ3v) is 3.26. The highest BCUT2D eigenvalue weighted by atomic mass is 19.4. The maximum Gasteiger partial charge on any atom is 0.449 e. The van der Waals surface area contributed by atoms with Gasteiger partial charge in [-0.2, -0.15) is 79.0 Å². The van der Waals surface area contributed by atoms with Crippen molar-refractivity contribution < 1.29 is 109 Å². The van der Waals surface area contributed by atoms with Gasteiger partial charge in [-0.3, -0.25) is 9.59 Å². The van der Waals surface area contributed by atoms with E-state index in [2.05, 4.69) is 0 Å². The van der Waals surface area contributed by atoms with E-state index in [0.29, 0.717) is 6.92 Å². The van der Waals surface area contributed by atoms with Gasteiger partial charge in [0.05, 0.1) is 6.42 Å². The molecular weight excluding hydrogens is 618 g/mol. The molecule has 0 aromatic heterocycles. The van der Waals surface area contributed by atoms with Crippen LogP contribution in [0.3, 0.4) is 0 Å². The number of aliphatic hydroxyl groups is 3. The van der Waals surface area contributed by atoms with Crippen LogP contribution in [0.1, 0.15) is 19.8 Å². The van der Waals surface area contributed by atoms with E-state index in [4.69, 9.17) is 20.1 Å². The molecule has 0 aromatic carbocycles. The molecule has 24 heteroatoms. The molecule has 0 radical (unpaired) electrons. The first-order valence-corrected chi connectivity index (χ1v) is 8.49. The first kappa shape index (κ1) is 43.7. The zero-order chi connectivity index (χ0) is 33.1. The summed E-state index contributed by atoms with van der Waals surface area (Å²) in [5.41, 5.74) is -9.77. The number of ketones is 1. The summed E-state index contributed by atoms with van der Waals surface area (Å²) in [6.07, 6.45) is -38.4. The van der Waals surface area contributed by atoms with Crippen molar-refractivity contribution in [1.29, 1.82) is 0 Å². The Morgan fingerprint density at radius 1 is 0.615 bits per heavy atom. The van der Waals surface area contributed by atoms with Crippen LogP contribution in [-0.4, -0.2) is 88.5 Å². The van der Waals surface area contributed by atoms with Gasteiger partial charge < -0.3 is 20.1 Å². The van der Waals surface area contributed by atoms with Gasteiger partial charge in [0.1, 0.15) is 6.29 Å². The molecule has 39 heavy (non-hydrogen) atoms. The van der Waals surface area contributed by atoms with Crippen LogP contribution in [0.4, 0.5) is 79.0 Å². The van der Waals surface area contributed by atoms with E-state index >= 15 is 0 Å². The molecule has 0 rings (SSSR count). The Bertz CT molecular complexity index is 713. The lowest BCUT2D eigenvalue weighted by atomic mass is 9.99. The molecule has 0 heterocycles. The molecule has 0 saturated heterocycles. The number of Topliss-reactive ketones (excluding diaryl/α,β-unsaturated/α-hetero) is 1. The lowest BCUT2D eigenvalue weighted by Crippen LogP contribution is -2.57. The number of carbonyl (C=O) groups is 3. The summed E-state index contributed by atoms with van der Waals surface area (Å²) in [5.74, 6) is -1.76. The van der Waals surface area contributed by atoms with Crippen molar-refractivity contribution in [3.8, 4) is 0 Å². The fourth-order valence-corrected chi connectivity index (χ4v) is 1.12.